The molecular formula is C19H27ClN2O4S. The third kappa shape index (κ3) is 8.22. The van der Waals surface area contributed by atoms with Crippen LogP contribution in [0.3, 0.4) is 0 Å². The normalized spacial score (nSPS) is 13.0. The minimum absolute atomic E-state index is 0.175. The molecule has 150 valence electrons. The topological polar surface area (TPSA) is 84.5 Å². The number of hydrogen-bond acceptors (Lipinski definition) is 5. The van der Waals surface area contributed by atoms with Gasteiger partial charge >= 0.3 is 5.97 Å². The lowest BCUT2D eigenvalue weighted by atomic mass is 10.0. The molecule has 0 radical (unpaired) electrons. The van der Waals surface area contributed by atoms with Gasteiger partial charge in [0, 0.05) is 10.6 Å². The fourth-order valence-electron chi connectivity index (χ4n) is 2.44. The average molecular weight is 415 g/mol. The Hall–Kier alpha value is -1.73. The number of methoxy groups -OCH3 is 1. The molecule has 2 N–H and O–H groups in total. The van der Waals surface area contributed by atoms with E-state index in [4.69, 9.17) is 16.3 Å². The summed E-state index contributed by atoms with van der Waals surface area (Å²) in [5.41, 5.74) is 0.410. The van der Waals surface area contributed by atoms with Crippen molar-refractivity contribution in [3.63, 3.8) is 0 Å². The van der Waals surface area contributed by atoms with E-state index in [0.717, 1.165) is 0 Å². The Morgan fingerprint density at radius 3 is 2.26 bits per heavy atom. The number of esters is 1. The van der Waals surface area contributed by atoms with Crippen molar-refractivity contribution in [3.8, 4) is 0 Å². The lowest BCUT2D eigenvalue weighted by Crippen LogP contribution is -2.52. The van der Waals surface area contributed by atoms with Crippen molar-refractivity contribution in [2.45, 2.75) is 38.8 Å². The molecule has 2 atom stereocenters. The van der Waals surface area contributed by atoms with Crippen LogP contribution in [-0.2, 0) is 14.3 Å². The minimum atomic E-state index is -0.755. The van der Waals surface area contributed by atoms with Crippen molar-refractivity contribution in [2.24, 2.45) is 5.92 Å². The molecule has 0 spiro atoms. The Labute approximate surface area is 169 Å². The van der Waals surface area contributed by atoms with Crippen molar-refractivity contribution < 1.29 is 19.1 Å². The summed E-state index contributed by atoms with van der Waals surface area (Å²) in [5, 5.41) is 5.99. The molecule has 0 saturated carbocycles. The van der Waals surface area contributed by atoms with Gasteiger partial charge in [0.05, 0.1) is 7.11 Å². The molecule has 0 saturated heterocycles. The zero-order valence-corrected chi connectivity index (χ0v) is 17.7. The van der Waals surface area contributed by atoms with Crippen LogP contribution >= 0.6 is 23.4 Å². The SMILES string of the molecule is COC(=O)[C@H](CCSC)NC(=O)[C@H](CC(C)C)NC(=O)c1ccc(Cl)cc1. The first kappa shape index (κ1) is 23.3. The first-order valence-electron chi connectivity index (χ1n) is 8.72. The standard InChI is InChI=1S/C19H27ClN2O4S/c1-12(2)11-16(22-17(23)13-5-7-14(20)8-6-13)18(24)21-15(9-10-27-4)19(25)26-3/h5-8,12,15-16H,9-11H2,1-4H3,(H,21,24)(H,22,23)/t15-,16-/m0/s1. The molecule has 1 rings (SSSR count). The first-order chi connectivity index (χ1) is 12.8. The highest BCUT2D eigenvalue weighted by Crippen LogP contribution is 2.12. The first-order valence-corrected chi connectivity index (χ1v) is 10.5. The van der Waals surface area contributed by atoms with Gasteiger partial charge in [-0.25, -0.2) is 4.79 Å². The van der Waals surface area contributed by atoms with E-state index in [9.17, 15) is 14.4 Å². The molecule has 2 amide bonds. The maximum atomic E-state index is 12.7. The molecule has 0 aliphatic carbocycles. The molecule has 0 aromatic heterocycles. The smallest absolute Gasteiger partial charge is 0.328 e. The zero-order chi connectivity index (χ0) is 20.4. The van der Waals surface area contributed by atoms with Gasteiger partial charge in [0.15, 0.2) is 0 Å². The van der Waals surface area contributed by atoms with Crippen LogP contribution < -0.4 is 10.6 Å². The molecular weight excluding hydrogens is 388 g/mol. The summed E-state index contributed by atoms with van der Waals surface area (Å²) in [6.45, 7) is 3.92. The number of carbonyl (C=O) groups excluding carboxylic acids is 3. The molecule has 27 heavy (non-hydrogen) atoms. The van der Waals surface area contributed by atoms with Gasteiger partial charge in [0.2, 0.25) is 5.91 Å². The average Bonchev–Trinajstić information content (AvgIpc) is 2.63. The van der Waals surface area contributed by atoms with E-state index in [2.05, 4.69) is 10.6 Å². The van der Waals surface area contributed by atoms with Crippen LogP contribution in [0.25, 0.3) is 0 Å². The van der Waals surface area contributed by atoms with Crippen LogP contribution in [-0.4, -0.2) is 49.0 Å². The lowest BCUT2D eigenvalue weighted by molar-refractivity contribution is -0.145. The molecule has 1 aromatic rings. The highest BCUT2D eigenvalue weighted by molar-refractivity contribution is 7.98. The number of amides is 2. The Morgan fingerprint density at radius 2 is 1.74 bits per heavy atom. The fraction of sp³-hybridized carbons (Fsp3) is 0.526. The summed E-state index contributed by atoms with van der Waals surface area (Å²) in [4.78, 5) is 37.1. The van der Waals surface area contributed by atoms with Crippen LogP contribution in [0.2, 0.25) is 5.02 Å². The molecule has 0 fully saturated rings. The molecule has 0 aliphatic rings. The molecule has 6 nitrogen and oxygen atoms in total. The largest absolute Gasteiger partial charge is 0.467 e. The number of benzene rings is 1. The predicted molar refractivity (Wildman–Crippen MR) is 109 cm³/mol. The van der Waals surface area contributed by atoms with Crippen molar-refractivity contribution in [1.29, 1.82) is 0 Å². The number of hydrogen-bond donors (Lipinski definition) is 2. The highest BCUT2D eigenvalue weighted by atomic mass is 35.5. The van der Waals surface area contributed by atoms with Gasteiger partial charge in [-0.15, -0.1) is 0 Å². The fourth-order valence-corrected chi connectivity index (χ4v) is 3.04. The van der Waals surface area contributed by atoms with Gasteiger partial charge in [-0.2, -0.15) is 11.8 Å². The van der Waals surface area contributed by atoms with Crippen LogP contribution in [0.5, 0.6) is 0 Å². The van der Waals surface area contributed by atoms with Crippen molar-refractivity contribution >= 4 is 41.1 Å². The monoisotopic (exact) mass is 414 g/mol. The maximum Gasteiger partial charge on any atom is 0.328 e. The summed E-state index contributed by atoms with van der Waals surface area (Å²) in [6.07, 6.45) is 2.82. The summed E-state index contributed by atoms with van der Waals surface area (Å²) in [6, 6.07) is 4.93. The number of nitrogens with one attached hydrogen (secondary N) is 2. The zero-order valence-electron chi connectivity index (χ0n) is 16.1. The number of rotatable bonds is 10. The van der Waals surface area contributed by atoms with Gasteiger partial charge < -0.3 is 15.4 Å². The van der Waals surface area contributed by atoms with E-state index in [1.165, 1.54) is 7.11 Å². The Morgan fingerprint density at radius 1 is 1.11 bits per heavy atom. The maximum absolute atomic E-state index is 12.7. The predicted octanol–water partition coefficient (Wildman–Crippen LogP) is 2.90. The van der Waals surface area contributed by atoms with Crippen LogP contribution in [0.4, 0.5) is 0 Å². The van der Waals surface area contributed by atoms with E-state index >= 15 is 0 Å². The van der Waals surface area contributed by atoms with Gasteiger partial charge in [0.25, 0.3) is 5.91 Å². The third-order valence-corrected chi connectivity index (χ3v) is 4.74. The van der Waals surface area contributed by atoms with Gasteiger partial charge in [0.1, 0.15) is 12.1 Å². The Kier molecular flexibility index (Phi) is 10.3. The summed E-state index contributed by atoms with van der Waals surface area (Å²) in [7, 11) is 1.29. The van der Waals surface area contributed by atoms with Crippen LogP contribution in [0.1, 0.15) is 37.0 Å². The molecule has 0 aliphatic heterocycles. The molecule has 0 heterocycles. The number of carbonyl (C=O) groups is 3. The van der Waals surface area contributed by atoms with E-state index in [0.29, 0.717) is 29.2 Å². The second-order valence-electron chi connectivity index (χ2n) is 6.53. The van der Waals surface area contributed by atoms with Crippen molar-refractivity contribution in [2.75, 3.05) is 19.1 Å². The van der Waals surface area contributed by atoms with Crippen molar-refractivity contribution in [1.82, 2.24) is 10.6 Å². The Bertz CT molecular complexity index is 637. The van der Waals surface area contributed by atoms with E-state index in [-0.39, 0.29) is 11.8 Å². The lowest BCUT2D eigenvalue weighted by Gasteiger charge is -2.23. The number of ether oxygens (including phenoxy) is 1. The molecule has 0 unspecified atom stereocenters. The van der Waals surface area contributed by atoms with E-state index in [1.807, 2.05) is 20.1 Å². The van der Waals surface area contributed by atoms with Crippen molar-refractivity contribution in [3.05, 3.63) is 34.9 Å². The van der Waals surface area contributed by atoms with Crippen LogP contribution in [0, 0.1) is 5.92 Å². The number of thioether (sulfide) groups is 1. The van der Waals surface area contributed by atoms with Crippen LogP contribution in [0.15, 0.2) is 24.3 Å². The summed E-state index contributed by atoms with van der Waals surface area (Å²) in [5.74, 6) is -0.390. The number of halogens is 1. The molecule has 0 bridgehead atoms. The summed E-state index contributed by atoms with van der Waals surface area (Å²) >= 11 is 7.42. The summed E-state index contributed by atoms with van der Waals surface area (Å²) < 4.78 is 4.77. The minimum Gasteiger partial charge on any atom is -0.467 e. The Balaban J connectivity index is 2.86. The quantitative estimate of drug-likeness (QED) is 0.575. The second-order valence-corrected chi connectivity index (χ2v) is 7.95. The molecule has 8 heteroatoms. The highest BCUT2D eigenvalue weighted by Gasteiger charge is 2.27. The third-order valence-electron chi connectivity index (χ3n) is 3.85. The van der Waals surface area contributed by atoms with Gasteiger partial charge in [-0.3, -0.25) is 9.59 Å². The van der Waals surface area contributed by atoms with E-state index in [1.54, 1.807) is 36.0 Å². The van der Waals surface area contributed by atoms with Gasteiger partial charge in [-0.1, -0.05) is 25.4 Å². The van der Waals surface area contributed by atoms with E-state index < -0.39 is 24.0 Å². The van der Waals surface area contributed by atoms with Gasteiger partial charge in [-0.05, 0) is 55.0 Å². The second kappa shape index (κ2) is 11.9. The molecule has 1 aromatic carbocycles.